The van der Waals surface area contributed by atoms with Crippen LogP contribution >= 0.6 is 0 Å². The topological polar surface area (TPSA) is 40.6 Å². The SMILES string of the molecule is CN1CCc2cc(N(C)C)c(S(=O)(=O)c3ccc(Cc4ccccc4)cc3)cc2CC1. The molecule has 1 aliphatic rings. The van der Waals surface area contributed by atoms with Crippen molar-refractivity contribution in [1.82, 2.24) is 4.90 Å². The van der Waals surface area contributed by atoms with Gasteiger partial charge in [-0.1, -0.05) is 42.5 Å². The minimum absolute atomic E-state index is 0.345. The number of fused-ring (bicyclic) bond motifs is 1. The second kappa shape index (κ2) is 8.85. The van der Waals surface area contributed by atoms with Crippen molar-refractivity contribution in [3.05, 3.63) is 89.0 Å². The molecule has 0 atom stereocenters. The molecule has 0 spiro atoms. The van der Waals surface area contributed by atoms with Crippen molar-refractivity contribution in [3.63, 3.8) is 0 Å². The van der Waals surface area contributed by atoms with Crippen LogP contribution in [0.5, 0.6) is 0 Å². The Morgan fingerprint density at radius 3 is 2.03 bits per heavy atom. The Labute approximate surface area is 186 Å². The molecule has 3 aromatic rings. The summed E-state index contributed by atoms with van der Waals surface area (Å²) in [6.07, 6.45) is 2.61. The number of anilines is 1. The van der Waals surface area contributed by atoms with E-state index in [9.17, 15) is 8.42 Å². The molecule has 5 heteroatoms. The largest absolute Gasteiger partial charge is 0.377 e. The van der Waals surface area contributed by atoms with Crippen molar-refractivity contribution >= 4 is 15.5 Å². The molecule has 0 aliphatic carbocycles. The van der Waals surface area contributed by atoms with Crippen LogP contribution in [0.2, 0.25) is 0 Å². The summed E-state index contributed by atoms with van der Waals surface area (Å²) < 4.78 is 27.3. The van der Waals surface area contributed by atoms with Crippen LogP contribution in [-0.2, 0) is 29.1 Å². The summed E-state index contributed by atoms with van der Waals surface area (Å²) in [5.41, 5.74) is 5.47. The molecular weight excluding hydrogens is 404 g/mol. The zero-order chi connectivity index (χ0) is 22.0. The molecule has 162 valence electrons. The Kier molecular flexibility index (Phi) is 6.17. The van der Waals surface area contributed by atoms with Gasteiger partial charge in [-0.05, 0) is 72.8 Å². The maximum Gasteiger partial charge on any atom is 0.208 e. The van der Waals surface area contributed by atoms with Crippen LogP contribution in [0.15, 0.2) is 76.5 Å². The molecule has 0 aromatic heterocycles. The van der Waals surface area contributed by atoms with Crippen LogP contribution in [0.1, 0.15) is 22.3 Å². The monoisotopic (exact) mass is 434 g/mol. The molecule has 0 N–H and O–H groups in total. The van der Waals surface area contributed by atoms with E-state index in [1.165, 1.54) is 11.1 Å². The molecule has 0 bridgehead atoms. The highest BCUT2D eigenvalue weighted by Gasteiger charge is 2.25. The lowest BCUT2D eigenvalue weighted by Gasteiger charge is -2.21. The van der Waals surface area contributed by atoms with Crippen LogP contribution in [0.25, 0.3) is 0 Å². The summed E-state index contributed by atoms with van der Waals surface area (Å²) in [5, 5.41) is 0. The van der Waals surface area contributed by atoms with E-state index in [2.05, 4.69) is 30.1 Å². The number of benzene rings is 3. The lowest BCUT2D eigenvalue weighted by molar-refractivity contribution is 0.352. The van der Waals surface area contributed by atoms with Crippen molar-refractivity contribution in [2.24, 2.45) is 0 Å². The summed E-state index contributed by atoms with van der Waals surface area (Å²) >= 11 is 0. The molecule has 0 unspecified atom stereocenters. The minimum atomic E-state index is -3.62. The average molecular weight is 435 g/mol. The quantitative estimate of drug-likeness (QED) is 0.603. The summed E-state index contributed by atoms with van der Waals surface area (Å²) in [6, 6.07) is 21.5. The fourth-order valence-corrected chi connectivity index (χ4v) is 5.73. The predicted molar refractivity (Wildman–Crippen MR) is 127 cm³/mol. The molecule has 0 radical (unpaired) electrons. The maximum absolute atomic E-state index is 13.6. The van der Waals surface area contributed by atoms with Gasteiger partial charge in [0, 0.05) is 27.2 Å². The van der Waals surface area contributed by atoms with Crippen LogP contribution in [0.4, 0.5) is 5.69 Å². The molecule has 0 amide bonds. The van der Waals surface area contributed by atoms with Gasteiger partial charge in [0.05, 0.1) is 15.5 Å². The Morgan fingerprint density at radius 2 is 1.42 bits per heavy atom. The third-order valence-corrected chi connectivity index (χ3v) is 7.86. The normalized spacial score (nSPS) is 14.7. The van der Waals surface area contributed by atoms with Crippen molar-refractivity contribution in [3.8, 4) is 0 Å². The summed E-state index contributed by atoms with van der Waals surface area (Å²) in [7, 11) is 2.32. The van der Waals surface area contributed by atoms with Crippen molar-refractivity contribution in [2.75, 3.05) is 39.1 Å². The van der Waals surface area contributed by atoms with Gasteiger partial charge in [-0.15, -0.1) is 0 Å². The minimum Gasteiger partial charge on any atom is -0.377 e. The van der Waals surface area contributed by atoms with Gasteiger partial charge in [0.25, 0.3) is 0 Å². The maximum atomic E-state index is 13.6. The van der Waals surface area contributed by atoms with E-state index >= 15 is 0 Å². The van der Waals surface area contributed by atoms with Crippen LogP contribution < -0.4 is 4.90 Å². The van der Waals surface area contributed by atoms with Gasteiger partial charge in [-0.25, -0.2) is 8.42 Å². The Bertz CT molecular complexity index is 1150. The first-order valence-corrected chi connectivity index (χ1v) is 12.2. The lowest BCUT2D eigenvalue weighted by Crippen LogP contribution is -2.20. The van der Waals surface area contributed by atoms with Crippen LogP contribution in [0, 0.1) is 0 Å². The van der Waals surface area contributed by atoms with Gasteiger partial charge < -0.3 is 9.80 Å². The van der Waals surface area contributed by atoms with Crippen LogP contribution in [-0.4, -0.2) is 47.6 Å². The van der Waals surface area contributed by atoms with E-state index in [4.69, 9.17) is 0 Å². The summed E-state index contributed by atoms with van der Waals surface area (Å²) in [4.78, 5) is 4.95. The Balaban J connectivity index is 1.69. The van der Waals surface area contributed by atoms with Crippen molar-refractivity contribution in [2.45, 2.75) is 29.1 Å². The van der Waals surface area contributed by atoms with E-state index in [0.717, 1.165) is 49.2 Å². The average Bonchev–Trinajstić information content (AvgIpc) is 2.95. The highest BCUT2D eigenvalue weighted by molar-refractivity contribution is 7.91. The van der Waals surface area contributed by atoms with E-state index < -0.39 is 9.84 Å². The molecule has 0 fully saturated rings. The molecule has 0 saturated carbocycles. The Hall–Kier alpha value is -2.63. The van der Waals surface area contributed by atoms with Gasteiger partial charge in [0.15, 0.2) is 0 Å². The zero-order valence-electron chi connectivity index (χ0n) is 18.5. The highest BCUT2D eigenvalue weighted by Crippen LogP contribution is 2.33. The highest BCUT2D eigenvalue weighted by atomic mass is 32.2. The fourth-order valence-electron chi connectivity index (χ4n) is 4.16. The van der Waals surface area contributed by atoms with Crippen molar-refractivity contribution in [1.29, 1.82) is 0 Å². The second-order valence-corrected chi connectivity index (χ2v) is 10.5. The van der Waals surface area contributed by atoms with E-state index in [1.807, 2.05) is 55.4 Å². The van der Waals surface area contributed by atoms with Gasteiger partial charge >= 0.3 is 0 Å². The third kappa shape index (κ3) is 4.68. The van der Waals surface area contributed by atoms with Gasteiger partial charge in [-0.3, -0.25) is 0 Å². The molecule has 1 aliphatic heterocycles. The van der Waals surface area contributed by atoms with Gasteiger partial charge in [0.2, 0.25) is 9.84 Å². The van der Waals surface area contributed by atoms with Crippen LogP contribution in [0.3, 0.4) is 0 Å². The Morgan fingerprint density at radius 1 is 0.839 bits per heavy atom. The van der Waals surface area contributed by atoms with E-state index in [0.29, 0.717) is 9.79 Å². The van der Waals surface area contributed by atoms with Crippen molar-refractivity contribution < 1.29 is 8.42 Å². The lowest BCUT2D eigenvalue weighted by atomic mass is 10.0. The standard InChI is InChI=1S/C26H30N2O2S/c1-27(2)25-18-22-13-15-28(3)16-14-23(22)19-26(25)31(29,30)24-11-9-21(10-12-24)17-20-7-5-4-6-8-20/h4-12,18-19H,13-17H2,1-3H3. The molecule has 1 heterocycles. The fraction of sp³-hybridized carbons (Fsp3) is 0.308. The number of likely N-dealkylation sites (N-methyl/N-ethyl adjacent to an activating group) is 1. The molecule has 0 saturated heterocycles. The van der Waals surface area contributed by atoms with Gasteiger partial charge in [-0.2, -0.15) is 0 Å². The summed E-state index contributed by atoms with van der Waals surface area (Å²) in [6.45, 7) is 1.94. The molecule has 4 nitrogen and oxygen atoms in total. The number of sulfone groups is 1. The molecule has 3 aromatic carbocycles. The van der Waals surface area contributed by atoms with Gasteiger partial charge in [0.1, 0.15) is 0 Å². The first-order valence-electron chi connectivity index (χ1n) is 10.7. The first kappa shape index (κ1) is 21.6. The number of nitrogens with zero attached hydrogens (tertiary/aromatic N) is 2. The number of rotatable bonds is 5. The van der Waals surface area contributed by atoms with E-state index in [1.54, 1.807) is 12.1 Å². The third-order valence-electron chi connectivity index (χ3n) is 6.06. The predicted octanol–water partition coefficient (Wildman–Crippen LogP) is 4.21. The number of hydrogen-bond acceptors (Lipinski definition) is 4. The zero-order valence-corrected chi connectivity index (χ0v) is 19.3. The first-order chi connectivity index (χ1) is 14.8. The van der Waals surface area contributed by atoms with E-state index in [-0.39, 0.29) is 0 Å². The molecule has 31 heavy (non-hydrogen) atoms. The summed E-state index contributed by atoms with van der Waals surface area (Å²) in [5.74, 6) is 0. The second-order valence-electron chi connectivity index (χ2n) is 8.60. The molecule has 4 rings (SSSR count). The smallest absolute Gasteiger partial charge is 0.208 e. The number of hydrogen-bond donors (Lipinski definition) is 0. The molecular formula is C26H30N2O2S.